The van der Waals surface area contributed by atoms with Crippen molar-refractivity contribution in [2.45, 2.75) is 38.8 Å². The van der Waals surface area contributed by atoms with Gasteiger partial charge in [0, 0.05) is 23.5 Å². The zero-order valence-electron chi connectivity index (χ0n) is 10.5. The normalized spacial score (nSPS) is 14.6. The molecule has 0 spiro atoms. The van der Waals surface area contributed by atoms with E-state index in [9.17, 15) is 8.78 Å². The van der Waals surface area contributed by atoms with Gasteiger partial charge in [-0.3, -0.25) is 0 Å². The number of rotatable bonds is 6. The number of nitrogens with one attached hydrogen (secondary N) is 1. The number of alkyl halides is 1. The molecule has 0 saturated carbocycles. The summed E-state index contributed by atoms with van der Waals surface area (Å²) >= 11 is 8.80. The van der Waals surface area contributed by atoms with Crippen LogP contribution >= 0.6 is 27.5 Å². The third-order valence-electron chi connectivity index (χ3n) is 3.26. The first-order valence-corrected chi connectivity index (χ1v) is 7.19. The zero-order chi connectivity index (χ0) is 13.8. The van der Waals surface area contributed by atoms with Gasteiger partial charge in [-0.25, -0.2) is 8.78 Å². The van der Waals surface area contributed by atoms with Crippen LogP contribution in [0.25, 0.3) is 0 Å². The van der Waals surface area contributed by atoms with Gasteiger partial charge in [0.2, 0.25) is 0 Å². The van der Waals surface area contributed by atoms with E-state index >= 15 is 0 Å². The molecule has 1 atom stereocenters. The summed E-state index contributed by atoms with van der Waals surface area (Å²) in [5.41, 5.74) is -0.151. The molecule has 0 aromatic heterocycles. The molecule has 1 unspecified atom stereocenters. The third-order valence-corrected chi connectivity index (χ3v) is 4.06. The van der Waals surface area contributed by atoms with Crippen molar-refractivity contribution in [3.05, 3.63) is 33.8 Å². The van der Waals surface area contributed by atoms with E-state index in [1.807, 2.05) is 13.8 Å². The van der Waals surface area contributed by atoms with Gasteiger partial charge in [-0.2, -0.15) is 0 Å². The number of benzene rings is 1. The molecule has 5 heteroatoms. The van der Waals surface area contributed by atoms with Gasteiger partial charge in [0.25, 0.3) is 0 Å². The van der Waals surface area contributed by atoms with E-state index in [-0.39, 0.29) is 22.1 Å². The zero-order valence-corrected chi connectivity index (χ0v) is 12.8. The van der Waals surface area contributed by atoms with Gasteiger partial charge in [0.05, 0.1) is 4.47 Å². The summed E-state index contributed by atoms with van der Waals surface area (Å²) in [4.78, 5) is 0. The summed E-state index contributed by atoms with van der Waals surface area (Å²) in [6.07, 6.45) is 1.60. The van der Waals surface area contributed by atoms with Crippen molar-refractivity contribution in [1.82, 2.24) is 5.32 Å². The van der Waals surface area contributed by atoms with Gasteiger partial charge in [-0.1, -0.05) is 6.92 Å². The first-order chi connectivity index (χ1) is 8.43. The van der Waals surface area contributed by atoms with Crippen LogP contribution in [0, 0.1) is 11.6 Å². The molecule has 18 heavy (non-hydrogen) atoms. The monoisotopic (exact) mass is 339 g/mol. The second-order valence-electron chi connectivity index (χ2n) is 4.53. The van der Waals surface area contributed by atoms with Crippen LogP contribution in [-0.4, -0.2) is 11.4 Å². The fraction of sp³-hybridized carbons (Fsp3) is 0.538. The molecular formula is C13H17BrClF2N. The van der Waals surface area contributed by atoms with Crippen molar-refractivity contribution in [2.24, 2.45) is 0 Å². The number of hydrogen-bond acceptors (Lipinski definition) is 1. The molecule has 1 N–H and O–H groups in total. The number of hydrogen-bond donors (Lipinski definition) is 1. The lowest BCUT2D eigenvalue weighted by Gasteiger charge is -2.29. The molecule has 0 aliphatic rings. The molecule has 0 aliphatic heterocycles. The minimum Gasteiger partial charge on any atom is -0.307 e. The Balaban J connectivity index is 2.83. The van der Waals surface area contributed by atoms with Crippen molar-refractivity contribution in [3.63, 3.8) is 0 Å². The van der Waals surface area contributed by atoms with E-state index in [0.717, 1.165) is 12.8 Å². The molecule has 0 fully saturated rings. The van der Waals surface area contributed by atoms with E-state index in [2.05, 4.69) is 21.2 Å². The minimum atomic E-state index is -0.549. The maximum Gasteiger partial charge on any atom is 0.144 e. The molecule has 1 rings (SSSR count). The average Bonchev–Trinajstić information content (AvgIpc) is 2.34. The quantitative estimate of drug-likeness (QED) is 0.589. The molecule has 0 radical (unpaired) electrons. The second-order valence-corrected chi connectivity index (χ2v) is 5.76. The van der Waals surface area contributed by atoms with E-state index in [1.165, 1.54) is 12.1 Å². The third kappa shape index (κ3) is 3.90. The Morgan fingerprint density at radius 2 is 2.06 bits per heavy atom. The summed E-state index contributed by atoms with van der Waals surface area (Å²) in [7, 11) is 0. The van der Waals surface area contributed by atoms with Crippen molar-refractivity contribution >= 4 is 27.5 Å². The van der Waals surface area contributed by atoms with E-state index < -0.39 is 11.6 Å². The topological polar surface area (TPSA) is 12.0 Å². The lowest BCUT2D eigenvalue weighted by molar-refractivity contribution is 0.325. The van der Waals surface area contributed by atoms with Crippen LogP contribution in [0.3, 0.4) is 0 Å². The maximum absolute atomic E-state index is 13.8. The summed E-state index contributed by atoms with van der Waals surface area (Å²) in [6, 6.07) is 2.63. The number of halogens is 4. The van der Waals surface area contributed by atoms with Crippen LogP contribution < -0.4 is 5.32 Å². The van der Waals surface area contributed by atoms with Gasteiger partial charge in [0.15, 0.2) is 0 Å². The fourth-order valence-corrected chi connectivity index (χ4v) is 2.42. The van der Waals surface area contributed by atoms with Gasteiger partial charge in [-0.15, -0.1) is 11.6 Å². The van der Waals surface area contributed by atoms with Crippen LogP contribution in [0.4, 0.5) is 8.78 Å². The Bertz CT molecular complexity index is 414. The highest BCUT2D eigenvalue weighted by molar-refractivity contribution is 9.10. The predicted molar refractivity (Wildman–Crippen MR) is 74.9 cm³/mol. The molecule has 1 nitrogen and oxygen atoms in total. The van der Waals surface area contributed by atoms with Gasteiger partial charge < -0.3 is 5.32 Å². The Kier molecular flexibility index (Phi) is 6.02. The van der Waals surface area contributed by atoms with E-state index in [0.29, 0.717) is 5.88 Å². The fourth-order valence-electron chi connectivity index (χ4n) is 1.63. The molecule has 0 bridgehead atoms. The summed E-state index contributed by atoms with van der Waals surface area (Å²) < 4.78 is 27.6. The molecular weight excluding hydrogens is 324 g/mol. The molecule has 0 saturated heterocycles. The van der Waals surface area contributed by atoms with Crippen LogP contribution in [0.5, 0.6) is 0 Å². The molecule has 0 heterocycles. The smallest absolute Gasteiger partial charge is 0.144 e. The van der Waals surface area contributed by atoms with Crippen LogP contribution in [0.2, 0.25) is 0 Å². The average molecular weight is 341 g/mol. The Morgan fingerprint density at radius 3 is 2.61 bits per heavy atom. The highest BCUT2D eigenvalue weighted by Crippen LogP contribution is 2.23. The SMILES string of the molecule is CCC(C)(CCCl)NCc1c(F)ccc(Br)c1F. The van der Waals surface area contributed by atoms with Crippen LogP contribution in [0.15, 0.2) is 16.6 Å². The van der Waals surface area contributed by atoms with E-state index in [1.54, 1.807) is 0 Å². The Hall–Kier alpha value is -0.190. The summed E-state index contributed by atoms with van der Waals surface area (Å²) in [6.45, 7) is 4.18. The van der Waals surface area contributed by atoms with E-state index in [4.69, 9.17) is 11.6 Å². The van der Waals surface area contributed by atoms with Crippen LogP contribution in [-0.2, 0) is 6.54 Å². The van der Waals surface area contributed by atoms with Crippen LogP contribution in [0.1, 0.15) is 32.3 Å². The molecule has 0 amide bonds. The lowest BCUT2D eigenvalue weighted by atomic mass is 9.95. The van der Waals surface area contributed by atoms with Gasteiger partial charge in [-0.05, 0) is 47.8 Å². The highest BCUT2D eigenvalue weighted by Gasteiger charge is 2.22. The van der Waals surface area contributed by atoms with Crippen molar-refractivity contribution in [1.29, 1.82) is 0 Å². The largest absolute Gasteiger partial charge is 0.307 e. The van der Waals surface area contributed by atoms with Crippen molar-refractivity contribution < 1.29 is 8.78 Å². The predicted octanol–water partition coefficient (Wildman–Crippen LogP) is 4.61. The van der Waals surface area contributed by atoms with Gasteiger partial charge in [0.1, 0.15) is 11.6 Å². The molecule has 1 aromatic rings. The minimum absolute atomic E-state index is 0.0543. The first kappa shape index (κ1) is 15.9. The summed E-state index contributed by atoms with van der Waals surface area (Å²) in [5, 5.41) is 3.19. The Labute approximate surface area is 120 Å². The van der Waals surface area contributed by atoms with Gasteiger partial charge >= 0.3 is 0 Å². The molecule has 1 aromatic carbocycles. The second kappa shape index (κ2) is 6.83. The standard InChI is InChI=1S/C13H17BrClF2N/c1-3-13(2,6-7-15)18-8-9-11(16)5-4-10(14)12(9)17/h4-5,18H,3,6-8H2,1-2H3. The first-order valence-electron chi connectivity index (χ1n) is 5.87. The Morgan fingerprint density at radius 1 is 1.39 bits per heavy atom. The summed E-state index contributed by atoms with van der Waals surface area (Å²) in [5.74, 6) is -0.569. The van der Waals surface area contributed by atoms with Crippen molar-refractivity contribution in [2.75, 3.05) is 5.88 Å². The molecule has 102 valence electrons. The highest BCUT2D eigenvalue weighted by atomic mass is 79.9. The molecule has 0 aliphatic carbocycles. The lowest BCUT2D eigenvalue weighted by Crippen LogP contribution is -2.42. The van der Waals surface area contributed by atoms with Crippen molar-refractivity contribution in [3.8, 4) is 0 Å². The maximum atomic E-state index is 13.8.